The molecule has 6 atom stereocenters. The molecule has 43 heteroatoms. The number of halogens is 34. The van der Waals surface area contributed by atoms with Crippen LogP contribution in [-0.2, 0) is 33.2 Å². The number of ether oxygens (including phenoxy) is 7. The van der Waals surface area contributed by atoms with Gasteiger partial charge in [-0.15, -0.1) is 0 Å². The quantitative estimate of drug-likeness (QED) is 0.0513. The highest BCUT2D eigenvalue weighted by atomic mass is 32.1. The monoisotopic (exact) mass is 1310 g/mol. The van der Waals surface area contributed by atoms with Crippen molar-refractivity contribution >= 4 is 17.4 Å². The fraction of sp³-hybridized carbons (Fsp3) is 0.821. The topological polar surface area (TPSA) is 67.9 Å². The second-order valence-electron chi connectivity index (χ2n) is 17.3. The van der Waals surface area contributed by atoms with Crippen molar-refractivity contribution in [1.29, 1.82) is 0 Å². The summed E-state index contributed by atoms with van der Waals surface area (Å²) in [6.45, 7) is -5.44. The molecule has 3 rings (SSSR count). The molecule has 1 aromatic rings. The molecule has 2 aliphatic rings. The standard InChI is InChI=1S/C39H33F34NO7S/c1-75-15-78-19-18-17(14-77-21(80-18)16-8-4-3-5-9-16)79-22(76-2)20(19)81-23(82)74(12-6-10-24(40,41)26(44,45)28(48,49)30(52,53)32(56,57)34(60,61)36(64,65)38(68,69)70)13-7-11-25(42,43)27(46,47)29(50,51)31(54,55)33(58,59)35(62,63)37(66,67)39(71,72)73/h3-5,8-9,17-22H,6-7,10-15H2,1-2H3/t17-,18-,19+,20-,21?,22+/m1/s1. The number of hydrogen-bond donors (Lipinski definition) is 0. The van der Waals surface area contributed by atoms with Gasteiger partial charge in [0.15, 0.2) is 18.7 Å². The molecule has 0 bridgehead atoms. The van der Waals surface area contributed by atoms with Crippen molar-refractivity contribution in [2.24, 2.45) is 0 Å². The van der Waals surface area contributed by atoms with E-state index in [2.05, 4.69) is 0 Å². The molecule has 0 N–H and O–H groups in total. The van der Waals surface area contributed by atoms with Crippen LogP contribution in [-0.4, -0.2) is 177 Å². The Morgan fingerprint density at radius 1 is 0.488 bits per heavy atom. The van der Waals surface area contributed by atoms with Crippen LogP contribution in [0.2, 0.25) is 0 Å². The number of benzene rings is 1. The zero-order valence-electron chi connectivity index (χ0n) is 39.6. The summed E-state index contributed by atoms with van der Waals surface area (Å²) in [5, 5.41) is -1.68. The normalized spacial score (nSPS) is 22.5. The molecular formula is C39H33F34NO7S. The Kier molecular flexibility index (Phi) is 20.5. The molecule has 2 fully saturated rings. The third-order valence-corrected chi connectivity index (χ3v) is 12.2. The summed E-state index contributed by atoms with van der Waals surface area (Å²) in [5.41, 5.74) is 0.233. The van der Waals surface area contributed by atoms with Crippen molar-refractivity contribution in [3.8, 4) is 0 Å². The highest BCUT2D eigenvalue weighted by Gasteiger charge is 2.97. The zero-order valence-corrected chi connectivity index (χ0v) is 40.4. The molecule has 0 saturated carbocycles. The van der Waals surface area contributed by atoms with Crippen LogP contribution in [0, 0.1) is 0 Å². The molecule has 0 spiro atoms. The highest BCUT2D eigenvalue weighted by molar-refractivity contribution is 7.80. The molecule has 0 aliphatic carbocycles. The maximum atomic E-state index is 15.0. The number of rotatable bonds is 26. The lowest BCUT2D eigenvalue weighted by Gasteiger charge is -2.48. The van der Waals surface area contributed by atoms with Crippen LogP contribution in [0.1, 0.15) is 37.5 Å². The van der Waals surface area contributed by atoms with Crippen LogP contribution in [0.15, 0.2) is 30.3 Å². The molecule has 1 aromatic carbocycles. The Balaban J connectivity index is 2.11. The van der Waals surface area contributed by atoms with Crippen molar-refractivity contribution in [1.82, 2.24) is 4.90 Å². The molecule has 1 unspecified atom stereocenters. The van der Waals surface area contributed by atoms with Gasteiger partial charge in [-0.05, 0) is 25.1 Å². The van der Waals surface area contributed by atoms with E-state index < -0.39 is 190 Å². The van der Waals surface area contributed by atoms with Crippen LogP contribution in [0.25, 0.3) is 0 Å². The molecule has 82 heavy (non-hydrogen) atoms. The Hall–Kier alpha value is -3.71. The molecule has 0 aromatic heterocycles. The second kappa shape index (κ2) is 23.2. The van der Waals surface area contributed by atoms with Crippen molar-refractivity contribution in [3.63, 3.8) is 0 Å². The van der Waals surface area contributed by atoms with E-state index in [9.17, 15) is 149 Å². The van der Waals surface area contributed by atoms with Crippen molar-refractivity contribution in [2.75, 3.05) is 40.7 Å². The van der Waals surface area contributed by atoms with Gasteiger partial charge in [0.1, 0.15) is 25.1 Å². The SMILES string of the molecule is COCO[C@@H]1[C@@H](OC(=S)N(CCCC(F)(F)C(F)(F)C(F)(F)C(F)(F)C(F)(F)C(F)(F)C(F)(F)C(F)(F)F)CCCC(F)(F)C(F)(F)C(F)(F)C(F)(F)C(F)(F)C(F)(F)C(F)(F)C(F)(F)F)[C@@H](OC)O[C@@H]2COC(c3ccccc3)O[C@@H]12. The molecule has 2 heterocycles. The smallest absolute Gasteiger partial charge is 0.459 e. The van der Waals surface area contributed by atoms with E-state index in [-0.39, 0.29) is 10.5 Å². The van der Waals surface area contributed by atoms with E-state index in [1.807, 2.05) is 0 Å². The maximum absolute atomic E-state index is 15.0. The lowest BCUT2D eigenvalue weighted by atomic mass is 9.88. The van der Waals surface area contributed by atoms with Gasteiger partial charge in [0.2, 0.25) is 0 Å². The number of thiocarbonyl (C=S) groups is 1. The second-order valence-corrected chi connectivity index (χ2v) is 17.7. The molecule has 480 valence electrons. The molecule has 2 aliphatic heterocycles. The first-order chi connectivity index (χ1) is 36.4. The number of alkyl halides is 34. The number of fused-ring (bicyclic) bond motifs is 1. The predicted molar refractivity (Wildman–Crippen MR) is 201 cm³/mol. The van der Waals surface area contributed by atoms with E-state index in [4.69, 9.17) is 45.4 Å². The third kappa shape index (κ3) is 11.8. The van der Waals surface area contributed by atoms with Gasteiger partial charge in [-0.25, -0.2) is 0 Å². The average Bonchev–Trinajstić information content (AvgIpc) is 3.53. The van der Waals surface area contributed by atoms with Gasteiger partial charge >= 0.3 is 95.3 Å². The van der Waals surface area contributed by atoms with Gasteiger partial charge in [0, 0.05) is 45.7 Å². The van der Waals surface area contributed by atoms with Crippen LogP contribution in [0.4, 0.5) is 149 Å². The van der Waals surface area contributed by atoms with E-state index in [0.29, 0.717) is 0 Å². The first kappa shape index (κ1) is 72.5. The summed E-state index contributed by atoms with van der Waals surface area (Å²) in [5.74, 6) is -120. The van der Waals surface area contributed by atoms with E-state index in [1.165, 1.54) is 30.3 Å². The van der Waals surface area contributed by atoms with E-state index in [1.54, 1.807) is 0 Å². The Labute approximate surface area is 439 Å². The molecule has 2 saturated heterocycles. The number of methoxy groups -OCH3 is 2. The number of nitrogens with zero attached hydrogens (tertiary/aromatic N) is 1. The maximum Gasteiger partial charge on any atom is 0.460 e. The molecule has 8 nitrogen and oxygen atoms in total. The van der Waals surface area contributed by atoms with Gasteiger partial charge in [-0.3, -0.25) is 0 Å². The Morgan fingerprint density at radius 2 is 0.841 bits per heavy atom. The van der Waals surface area contributed by atoms with E-state index >= 15 is 0 Å². The first-order valence-electron chi connectivity index (χ1n) is 21.4. The fourth-order valence-corrected chi connectivity index (χ4v) is 7.45. The van der Waals surface area contributed by atoms with Crippen LogP contribution in [0.3, 0.4) is 0 Å². The lowest BCUT2D eigenvalue weighted by Crippen LogP contribution is -2.74. The minimum atomic E-state index is -9.08. The fourth-order valence-electron chi connectivity index (χ4n) is 7.15. The third-order valence-electron chi connectivity index (χ3n) is 11.9. The summed E-state index contributed by atoms with van der Waals surface area (Å²) in [7, 11) is 1.70. The minimum Gasteiger partial charge on any atom is -0.459 e. The highest BCUT2D eigenvalue weighted by Crippen LogP contribution is 2.66. The Morgan fingerprint density at radius 3 is 1.18 bits per heavy atom. The Bertz CT molecular complexity index is 2200. The van der Waals surface area contributed by atoms with Crippen molar-refractivity contribution in [2.45, 2.75) is 158 Å². The first-order valence-corrected chi connectivity index (χ1v) is 21.8. The van der Waals surface area contributed by atoms with Crippen molar-refractivity contribution < 1.29 is 182 Å². The van der Waals surface area contributed by atoms with Gasteiger partial charge < -0.3 is 38.1 Å². The van der Waals surface area contributed by atoms with Crippen LogP contribution >= 0.6 is 12.2 Å². The summed E-state index contributed by atoms with van der Waals surface area (Å²) in [6, 6.07) is 7.18. The van der Waals surface area contributed by atoms with Gasteiger partial charge in [0.25, 0.3) is 5.17 Å². The summed E-state index contributed by atoms with van der Waals surface area (Å²) >= 11 is 4.85. The van der Waals surface area contributed by atoms with Crippen molar-refractivity contribution in [3.05, 3.63) is 35.9 Å². The summed E-state index contributed by atoms with van der Waals surface area (Å²) in [4.78, 5) is -0.317. The molecule has 0 radical (unpaired) electrons. The van der Waals surface area contributed by atoms with E-state index in [0.717, 1.165) is 14.2 Å². The zero-order chi connectivity index (χ0) is 64.3. The predicted octanol–water partition coefficient (Wildman–Crippen LogP) is 14.0. The number of hydrogen-bond acceptors (Lipinski definition) is 8. The molecular weight excluding hydrogens is 1270 g/mol. The summed E-state index contributed by atoms with van der Waals surface area (Å²) in [6.07, 6.45) is -37.9. The lowest BCUT2D eigenvalue weighted by molar-refractivity contribution is -0.461. The van der Waals surface area contributed by atoms with Gasteiger partial charge in [-0.2, -0.15) is 149 Å². The summed E-state index contributed by atoms with van der Waals surface area (Å²) < 4.78 is 511. The van der Waals surface area contributed by atoms with Gasteiger partial charge in [0.05, 0.1) is 6.61 Å². The van der Waals surface area contributed by atoms with Gasteiger partial charge in [-0.1, -0.05) is 30.3 Å². The minimum absolute atomic E-state index is 0.233. The largest absolute Gasteiger partial charge is 0.460 e. The van der Waals surface area contributed by atoms with Crippen LogP contribution in [0.5, 0.6) is 0 Å². The molecule has 0 amide bonds. The average molecular weight is 1310 g/mol. The van der Waals surface area contributed by atoms with Crippen LogP contribution < -0.4 is 0 Å².